The van der Waals surface area contributed by atoms with Gasteiger partial charge in [0.2, 0.25) is 11.8 Å². The molecule has 1 aromatic carbocycles. The Kier molecular flexibility index (Phi) is 5.97. The van der Waals surface area contributed by atoms with Gasteiger partial charge >= 0.3 is 0 Å². The van der Waals surface area contributed by atoms with Gasteiger partial charge in [0.05, 0.1) is 36.9 Å². The van der Waals surface area contributed by atoms with E-state index in [9.17, 15) is 4.79 Å². The first-order valence-electron chi connectivity index (χ1n) is 10.1. The minimum Gasteiger partial charge on any atom is -0.493 e. The number of aromatic nitrogens is 2. The largest absolute Gasteiger partial charge is 0.493 e. The maximum Gasteiger partial charge on any atom is 0.223 e. The van der Waals surface area contributed by atoms with Crippen LogP contribution in [0.1, 0.15) is 19.8 Å². The molecule has 1 fully saturated rings. The van der Waals surface area contributed by atoms with E-state index in [1.807, 2.05) is 36.4 Å². The van der Waals surface area contributed by atoms with Crippen molar-refractivity contribution in [3.63, 3.8) is 0 Å². The van der Waals surface area contributed by atoms with Gasteiger partial charge in [-0.3, -0.25) is 9.78 Å². The molecule has 2 aromatic heterocycles. The molecule has 156 valence electrons. The van der Waals surface area contributed by atoms with Crippen molar-refractivity contribution in [2.45, 2.75) is 19.8 Å². The predicted octanol–water partition coefficient (Wildman–Crippen LogP) is 3.61. The van der Waals surface area contributed by atoms with E-state index < -0.39 is 0 Å². The summed E-state index contributed by atoms with van der Waals surface area (Å²) < 4.78 is 17.3. The first-order chi connectivity index (χ1) is 14.7. The van der Waals surface area contributed by atoms with Crippen LogP contribution in [0, 0.1) is 5.92 Å². The normalized spacial score (nSPS) is 15.8. The average Bonchev–Trinajstić information content (AvgIpc) is 3.20. The van der Waals surface area contributed by atoms with Crippen molar-refractivity contribution in [2.24, 2.45) is 5.92 Å². The van der Waals surface area contributed by atoms with Gasteiger partial charge < -0.3 is 19.5 Å². The molecule has 7 nitrogen and oxygen atoms in total. The van der Waals surface area contributed by atoms with Gasteiger partial charge in [0.25, 0.3) is 0 Å². The Morgan fingerprint density at radius 1 is 1.17 bits per heavy atom. The van der Waals surface area contributed by atoms with E-state index in [-0.39, 0.29) is 11.8 Å². The second kappa shape index (κ2) is 8.98. The highest BCUT2D eigenvalue weighted by Crippen LogP contribution is 2.34. The Bertz CT molecular complexity index is 1050. The summed E-state index contributed by atoms with van der Waals surface area (Å²) >= 11 is 0. The Labute approximate surface area is 175 Å². The number of rotatable bonds is 8. The Morgan fingerprint density at radius 2 is 2.07 bits per heavy atom. The van der Waals surface area contributed by atoms with E-state index in [0.29, 0.717) is 43.6 Å². The molecule has 1 unspecified atom stereocenters. The zero-order chi connectivity index (χ0) is 20.9. The molecular formula is C23H25N3O4. The predicted molar refractivity (Wildman–Crippen MR) is 114 cm³/mol. The van der Waals surface area contributed by atoms with Crippen molar-refractivity contribution in [1.29, 1.82) is 0 Å². The Balaban J connectivity index is 1.66. The minimum absolute atomic E-state index is 0.0642. The van der Waals surface area contributed by atoms with Crippen LogP contribution in [0.15, 0.2) is 42.6 Å². The molecule has 3 aromatic rings. The van der Waals surface area contributed by atoms with Crippen LogP contribution < -0.4 is 19.5 Å². The van der Waals surface area contributed by atoms with E-state index >= 15 is 0 Å². The molecule has 1 N–H and O–H groups in total. The molecule has 3 heterocycles. The van der Waals surface area contributed by atoms with E-state index in [0.717, 1.165) is 28.6 Å². The zero-order valence-electron chi connectivity index (χ0n) is 17.2. The van der Waals surface area contributed by atoms with Gasteiger partial charge in [0.15, 0.2) is 11.5 Å². The standard InChI is InChI=1S/C23H25N3O4/c1-3-9-29-20-7-6-16(11-21(20)28-2)18-12-19-17(5-4-8-24-19)23(26-18)30-14-15-10-22(27)25-13-15/h4-8,11-12,15H,3,9-10,13-14H2,1-2H3,(H,25,27). The molecule has 1 aliphatic heterocycles. The fraction of sp³-hybridized carbons (Fsp3) is 0.348. The number of amides is 1. The zero-order valence-corrected chi connectivity index (χ0v) is 17.2. The molecule has 1 amide bonds. The van der Waals surface area contributed by atoms with E-state index in [4.69, 9.17) is 19.2 Å². The lowest BCUT2D eigenvalue weighted by Crippen LogP contribution is -2.17. The van der Waals surface area contributed by atoms with Crippen molar-refractivity contribution < 1.29 is 19.0 Å². The highest BCUT2D eigenvalue weighted by Gasteiger charge is 2.22. The number of fused-ring (bicyclic) bond motifs is 1. The fourth-order valence-electron chi connectivity index (χ4n) is 3.44. The number of pyridine rings is 2. The Morgan fingerprint density at radius 3 is 2.83 bits per heavy atom. The third kappa shape index (κ3) is 4.30. The highest BCUT2D eigenvalue weighted by molar-refractivity contribution is 5.87. The van der Waals surface area contributed by atoms with E-state index in [1.165, 1.54) is 0 Å². The molecule has 4 rings (SSSR count). The van der Waals surface area contributed by atoms with Crippen LogP contribution in [0.4, 0.5) is 0 Å². The summed E-state index contributed by atoms with van der Waals surface area (Å²) in [4.78, 5) is 20.7. The average molecular weight is 407 g/mol. The van der Waals surface area contributed by atoms with Crippen molar-refractivity contribution in [3.05, 3.63) is 42.6 Å². The molecule has 1 aliphatic rings. The number of nitrogens with one attached hydrogen (secondary N) is 1. The maximum absolute atomic E-state index is 11.5. The first kappa shape index (κ1) is 19.9. The lowest BCUT2D eigenvalue weighted by molar-refractivity contribution is -0.119. The number of ether oxygens (including phenoxy) is 3. The summed E-state index contributed by atoms with van der Waals surface area (Å²) in [7, 11) is 1.62. The fourth-order valence-corrected chi connectivity index (χ4v) is 3.44. The van der Waals surface area contributed by atoms with Crippen LogP contribution in [-0.4, -0.2) is 42.7 Å². The van der Waals surface area contributed by atoms with Crippen LogP contribution in [0.25, 0.3) is 22.2 Å². The number of carbonyl (C=O) groups excluding carboxylic acids is 1. The quantitative estimate of drug-likeness (QED) is 0.614. The maximum atomic E-state index is 11.5. The smallest absolute Gasteiger partial charge is 0.223 e. The molecule has 0 radical (unpaired) electrons. The molecule has 1 saturated heterocycles. The van der Waals surface area contributed by atoms with Gasteiger partial charge in [0, 0.05) is 30.6 Å². The molecule has 30 heavy (non-hydrogen) atoms. The topological polar surface area (TPSA) is 82.6 Å². The van der Waals surface area contributed by atoms with Gasteiger partial charge in [-0.05, 0) is 42.8 Å². The van der Waals surface area contributed by atoms with Crippen LogP contribution in [0.2, 0.25) is 0 Å². The summed E-state index contributed by atoms with van der Waals surface area (Å²) in [5.41, 5.74) is 2.41. The lowest BCUT2D eigenvalue weighted by atomic mass is 10.1. The van der Waals surface area contributed by atoms with Gasteiger partial charge in [-0.1, -0.05) is 6.92 Å². The lowest BCUT2D eigenvalue weighted by Gasteiger charge is -2.14. The number of hydrogen-bond donors (Lipinski definition) is 1. The monoisotopic (exact) mass is 407 g/mol. The number of benzene rings is 1. The number of methoxy groups -OCH3 is 1. The van der Waals surface area contributed by atoms with Crippen LogP contribution in [0.3, 0.4) is 0 Å². The number of nitrogens with zero attached hydrogens (tertiary/aromatic N) is 2. The van der Waals surface area contributed by atoms with Gasteiger partial charge in [-0.2, -0.15) is 0 Å². The van der Waals surface area contributed by atoms with Crippen LogP contribution in [0.5, 0.6) is 17.4 Å². The molecular weight excluding hydrogens is 382 g/mol. The second-order valence-corrected chi connectivity index (χ2v) is 7.28. The third-order valence-corrected chi connectivity index (χ3v) is 5.00. The SMILES string of the molecule is CCCOc1ccc(-c2cc3ncccc3c(OCC3CNC(=O)C3)n2)cc1OC. The van der Waals surface area contributed by atoms with E-state index in [2.05, 4.69) is 17.2 Å². The number of hydrogen-bond acceptors (Lipinski definition) is 6. The highest BCUT2D eigenvalue weighted by atomic mass is 16.5. The van der Waals surface area contributed by atoms with Crippen LogP contribution in [-0.2, 0) is 4.79 Å². The molecule has 0 saturated carbocycles. The van der Waals surface area contributed by atoms with Crippen molar-refractivity contribution in [2.75, 3.05) is 26.9 Å². The number of carbonyl (C=O) groups is 1. The van der Waals surface area contributed by atoms with Crippen molar-refractivity contribution in [1.82, 2.24) is 15.3 Å². The summed E-state index contributed by atoms with van der Waals surface area (Å²) in [5, 5.41) is 3.68. The summed E-state index contributed by atoms with van der Waals surface area (Å²) in [6.07, 6.45) is 3.15. The Hall–Kier alpha value is -3.35. The van der Waals surface area contributed by atoms with Crippen molar-refractivity contribution >= 4 is 16.8 Å². The van der Waals surface area contributed by atoms with Gasteiger partial charge in [-0.25, -0.2) is 4.98 Å². The second-order valence-electron chi connectivity index (χ2n) is 7.28. The van der Waals surface area contributed by atoms with Crippen molar-refractivity contribution in [3.8, 4) is 28.6 Å². The molecule has 1 atom stereocenters. The molecule has 7 heteroatoms. The summed E-state index contributed by atoms with van der Waals surface area (Å²) in [5.74, 6) is 2.08. The molecule has 0 spiro atoms. The van der Waals surface area contributed by atoms with Gasteiger partial charge in [-0.15, -0.1) is 0 Å². The third-order valence-electron chi connectivity index (χ3n) is 5.00. The van der Waals surface area contributed by atoms with E-state index in [1.54, 1.807) is 13.3 Å². The molecule has 0 aliphatic carbocycles. The minimum atomic E-state index is 0.0642. The summed E-state index contributed by atoms with van der Waals surface area (Å²) in [6, 6.07) is 11.5. The first-order valence-corrected chi connectivity index (χ1v) is 10.1. The summed E-state index contributed by atoms with van der Waals surface area (Å²) in [6.45, 7) is 3.74. The molecule has 0 bridgehead atoms. The van der Waals surface area contributed by atoms with Crippen LogP contribution >= 0.6 is 0 Å². The van der Waals surface area contributed by atoms with Gasteiger partial charge in [0.1, 0.15) is 0 Å².